The van der Waals surface area contributed by atoms with Crippen molar-refractivity contribution in [1.29, 1.82) is 0 Å². The fraction of sp³-hybridized carbons (Fsp3) is 0.400. The topological polar surface area (TPSA) is 41.5 Å². The van der Waals surface area contributed by atoms with Gasteiger partial charge in [-0.2, -0.15) is 0 Å². The van der Waals surface area contributed by atoms with Crippen LogP contribution in [0.2, 0.25) is 0 Å². The standard InChI is InChI=1S/C20H23NO2/c22-11-9-20(10-12-23-14-20)13-21-19-17-7-3-1-5-15(17)16-6-2-4-8-18(16)19/h1-8,19,21-22H,9-14H2/t20-/m0/s1. The summed E-state index contributed by atoms with van der Waals surface area (Å²) in [4.78, 5) is 0. The van der Waals surface area contributed by atoms with Gasteiger partial charge in [0.15, 0.2) is 0 Å². The van der Waals surface area contributed by atoms with E-state index in [2.05, 4.69) is 53.8 Å². The van der Waals surface area contributed by atoms with Gasteiger partial charge in [-0.15, -0.1) is 0 Å². The van der Waals surface area contributed by atoms with E-state index in [1.54, 1.807) is 0 Å². The number of aliphatic hydroxyl groups is 1. The zero-order valence-electron chi connectivity index (χ0n) is 13.3. The maximum atomic E-state index is 9.42. The first-order valence-electron chi connectivity index (χ1n) is 8.43. The molecule has 1 heterocycles. The van der Waals surface area contributed by atoms with Gasteiger partial charge < -0.3 is 15.2 Å². The molecule has 1 atom stereocenters. The molecule has 120 valence electrons. The van der Waals surface area contributed by atoms with Crippen LogP contribution >= 0.6 is 0 Å². The normalized spacial score (nSPS) is 23.0. The van der Waals surface area contributed by atoms with Crippen LogP contribution in [0.4, 0.5) is 0 Å². The van der Waals surface area contributed by atoms with E-state index < -0.39 is 0 Å². The Morgan fingerprint density at radius 1 is 1.04 bits per heavy atom. The van der Waals surface area contributed by atoms with Gasteiger partial charge in [-0.3, -0.25) is 0 Å². The van der Waals surface area contributed by atoms with E-state index in [0.717, 1.165) is 32.6 Å². The van der Waals surface area contributed by atoms with Gasteiger partial charge in [-0.05, 0) is 35.1 Å². The van der Waals surface area contributed by atoms with Crippen LogP contribution in [0.15, 0.2) is 48.5 Å². The van der Waals surface area contributed by atoms with Crippen LogP contribution in [-0.4, -0.2) is 31.5 Å². The Balaban J connectivity index is 1.62. The van der Waals surface area contributed by atoms with Crippen LogP contribution in [0.5, 0.6) is 0 Å². The first-order chi connectivity index (χ1) is 11.3. The maximum absolute atomic E-state index is 9.42. The molecule has 0 bridgehead atoms. The molecule has 0 aromatic heterocycles. The van der Waals surface area contributed by atoms with E-state index >= 15 is 0 Å². The number of hydrogen-bond donors (Lipinski definition) is 2. The Kier molecular flexibility index (Phi) is 3.93. The lowest BCUT2D eigenvalue weighted by Crippen LogP contribution is -2.37. The molecule has 4 rings (SSSR count). The van der Waals surface area contributed by atoms with Crippen LogP contribution in [0.3, 0.4) is 0 Å². The molecule has 0 saturated carbocycles. The fourth-order valence-electron chi connectivity index (χ4n) is 4.01. The van der Waals surface area contributed by atoms with Crippen molar-refractivity contribution in [3.8, 4) is 11.1 Å². The molecule has 2 aliphatic rings. The van der Waals surface area contributed by atoms with Crippen LogP contribution < -0.4 is 5.32 Å². The summed E-state index contributed by atoms with van der Waals surface area (Å²) in [5, 5.41) is 13.2. The number of aliphatic hydroxyl groups excluding tert-OH is 1. The molecule has 1 fully saturated rings. The smallest absolute Gasteiger partial charge is 0.0589 e. The molecule has 3 nitrogen and oxygen atoms in total. The highest BCUT2D eigenvalue weighted by molar-refractivity contribution is 5.78. The van der Waals surface area contributed by atoms with E-state index in [1.165, 1.54) is 22.3 Å². The van der Waals surface area contributed by atoms with Crippen LogP contribution in [-0.2, 0) is 4.74 Å². The number of ether oxygens (including phenoxy) is 1. The summed E-state index contributed by atoms with van der Waals surface area (Å²) in [6, 6.07) is 17.5. The molecule has 2 aromatic carbocycles. The highest BCUT2D eigenvalue weighted by atomic mass is 16.5. The minimum Gasteiger partial charge on any atom is -0.396 e. The lowest BCUT2D eigenvalue weighted by Gasteiger charge is -2.29. The Morgan fingerprint density at radius 3 is 2.26 bits per heavy atom. The van der Waals surface area contributed by atoms with Crippen molar-refractivity contribution in [3.63, 3.8) is 0 Å². The van der Waals surface area contributed by atoms with Crippen molar-refractivity contribution in [2.45, 2.75) is 18.9 Å². The molecule has 0 radical (unpaired) electrons. The lowest BCUT2D eigenvalue weighted by molar-refractivity contribution is 0.123. The number of nitrogens with one attached hydrogen (secondary N) is 1. The second kappa shape index (κ2) is 6.08. The first kappa shape index (κ1) is 14.9. The van der Waals surface area contributed by atoms with Crippen LogP contribution in [0.25, 0.3) is 11.1 Å². The molecule has 1 saturated heterocycles. The van der Waals surface area contributed by atoms with Gasteiger partial charge in [0, 0.05) is 25.2 Å². The predicted octanol–water partition coefficient (Wildman–Crippen LogP) is 3.14. The molecular formula is C20H23NO2. The number of fused-ring (bicyclic) bond motifs is 3. The summed E-state index contributed by atoms with van der Waals surface area (Å²) in [7, 11) is 0. The summed E-state index contributed by atoms with van der Waals surface area (Å²) in [5.74, 6) is 0. The zero-order chi connectivity index (χ0) is 15.7. The molecule has 23 heavy (non-hydrogen) atoms. The molecule has 1 aliphatic heterocycles. The Labute approximate surface area is 137 Å². The van der Waals surface area contributed by atoms with E-state index in [-0.39, 0.29) is 18.1 Å². The minimum atomic E-state index is 0.0707. The van der Waals surface area contributed by atoms with E-state index in [9.17, 15) is 5.11 Å². The summed E-state index contributed by atoms with van der Waals surface area (Å²) in [5.41, 5.74) is 5.44. The van der Waals surface area contributed by atoms with Gasteiger partial charge in [-0.25, -0.2) is 0 Å². The molecule has 0 spiro atoms. The van der Waals surface area contributed by atoms with Crippen molar-refractivity contribution in [3.05, 3.63) is 59.7 Å². The summed E-state index contributed by atoms with van der Waals surface area (Å²) < 4.78 is 5.62. The minimum absolute atomic E-state index is 0.0707. The molecule has 2 aromatic rings. The molecule has 3 heteroatoms. The molecule has 0 amide bonds. The Hall–Kier alpha value is -1.68. The van der Waals surface area contributed by atoms with E-state index in [1.807, 2.05) is 0 Å². The summed E-state index contributed by atoms with van der Waals surface area (Å²) in [6.45, 7) is 2.65. The SMILES string of the molecule is OCC[C@@]1(CNC2c3ccccc3-c3ccccc32)CCOC1. The van der Waals surface area contributed by atoms with Crippen molar-refractivity contribution in [2.24, 2.45) is 5.41 Å². The van der Waals surface area contributed by atoms with Crippen LogP contribution in [0.1, 0.15) is 30.0 Å². The van der Waals surface area contributed by atoms with Crippen molar-refractivity contribution in [2.75, 3.05) is 26.4 Å². The number of hydrogen-bond acceptors (Lipinski definition) is 3. The van der Waals surface area contributed by atoms with Gasteiger partial charge in [0.2, 0.25) is 0 Å². The second-order valence-corrected chi connectivity index (χ2v) is 6.76. The molecule has 0 unspecified atom stereocenters. The van der Waals surface area contributed by atoms with E-state index in [4.69, 9.17) is 4.74 Å². The predicted molar refractivity (Wildman–Crippen MR) is 91.3 cm³/mol. The van der Waals surface area contributed by atoms with Crippen molar-refractivity contribution < 1.29 is 9.84 Å². The Morgan fingerprint density at radius 2 is 1.70 bits per heavy atom. The quantitative estimate of drug-likeness (QED) is 0.891. The third kappa shape index (κ3) is 2.59. The monoisotopic (exact) mass is 309 g/mol. The number of rotatable bonds is 5. The van der Waals surface area contributed by atoms with Gasteiger partial charge in [0.1, 0.15) is 0 Å². The number of benzene rings is 2. The van der Waals surface area contributed by atoms with Gasteiger partial charge in [0.05, 0.1) is 12.6 Å². The molecule has 1 aliphatic carbocycles. The highest BCUT2D eigenvalue weighted by Gasteiger charge is 2.36. The van der Waals surface area contributed by atoms with Crippen LogP contribution in [0, 0.1) is 5.41 Å². The summed E-state index contributed by atoms with van der Waals surface area (Å²) >= 11 is 0. The zero-order valence-corrected chi connectivity index (χ0v) is 13.3. The summed E-state index contributed by atoms with van der Waals surface area (Å²) in [6.07, 6.45) is 1.83. The highest BCUT2D eigenvalue weighted by Crippen LogP contribution is 2.43. The Bertz CT molecular complexity index is 646. The lowest BCUT2D eigenvalue weighted by atomic mass is 9.83. The van der Waals surface area contributed by atoms with Gasteiger partial charge in [-0.1, -0.05) is 48.5 Å². The largest absolute Gasteiger partial charge is 0.396 e. The molecule has 2 N–H and O–H groups in total. The molecular weight excluding hydrogens is 286 g/mol. The van der Waals surface area contributed by atoms with Gasteiger partial charge in [0.25, 0.3) is 0 Å². The average Bonchev–Trinajstić information content (AvgIpc) is 3.17. The van der Waals surface area contributed by atoms with Crippen molar-refractivity contribution >= 4 is 0 Å². The van der Waals surface area contributed by atoms with Gasteiger partial charge >= 0.3 is 0 Å². The third-order valence-electron chi connectivity index (χ3n) is 5.34. The van der Waals surface area contributed by atoms with E-state index in [0.29, 0.717) is 0 Å². The average molecular weight is 309 g/mol. The second-order valence-electron chi connectivity index (χ2n) is 6.76. The van der Waals surface area contributed by atoms with Crippen molar-refractivity contribution in [1.82, 2.24) is 5.32 Å². The first-order valence-corrected chi connectivity index (χ1v) is 8.43. The fourth-order valence-corrected chi connectivity index (χ4v) is 4.01. The third-order valence-corrected chi connectivity index (χ3v) is 5.34. The maximum Gasteiger partial charge on any atom is 0.0589 e.